The van der Waals surface area contributed by atoms with Crippen molar-refractivity contribution >= 4 is 18.0 Å². The third-order valence-electron chi connectivity index (χ3n) is 3.26. The van der Waals surface area contributed by atoms with Crippen molar-refractivity contribution in [2.45, 2.75) is 38.3 Å². The molecule has 21 heavy (non-hydrogen) atoms. The van der Waals surface area contributed by atoms with E-state index in [1.54, 1.807) is 0 Å². The summed E-state index contributed by atoms with van der Waals surface area (Å²) in [6.07, 6.45) is 1.11. The fraction of sp³-hybridized carbons (Fsp3) is 0.769. The number of unbranched alkanes of at least 4 members (excludes halogenated alkanes) is 1. The second-order valence-electron chi connectivity index (χ2n) is 4.81. The molecule has 120 valence electrons. The van der Waals surface area contributed by atoms with Crippen LogP contribution in [0.4, 0.5) is 4.79 Å². The number of rotatable bonds is 6. The summed E-state index contributed by atoms with van der Waals surface area (Å²) >= 11 is 0. The molecule has 0 aromatic rings. The number of carboxylic acids is 1. The zero-order chi connectivity index (χ0) is 15.8. The Morgan fingerprint density at radius 1 is 1.48 bits per heavy atom. The summed E-state index contributed by atoms with van der Waals surface area (Å²) in [5.41, 5.74) is 0. The van der Waals surface area contributed by atoms with Crippen LogP contribution in [0, 0.1) is 0 Å². The summed E-state index contributed by atoms with van der Waals surface area (Å²) in [6, 6.07) is -1.42. The van der Waals surface area contributed by atoms with Crippen molar-refractivity contribution in [1.29, 1.82) is 0 Å². The lowest BCUT2D eigenvalue weighted by atomic mass is 10.1. The Morgan fingerprint density at radius 3 is 2.76 bits per heavy atom. The fourth-order valence-electron chi connectivity index (χ4n) is 2.01. The molecule has 1 saturated heterocycles. The Kier molecular flexibility index (Phi) is 6.93. The highest BCUT2D eigenvalue weighted by Crippen LogP contribution is 2.08. The van der Waals surface area contributed by atoms with Gasteiger partial charge in [-0.1, -0.05) is 19.8 Å². The van der Waals surface area contributed by atoms with Crippen LogP contribution in [-0.4, -0.2) is 66.9 Å². The first-order chi connectivity index (χ1) is 9.99. The molecule has 0 spiro atoms. The van der Waals surface area contributed by atoms with E-state index in [0.29, 0.717) is 19.4 Å². The van der Waals surface area contributed by atoms with E-state index in [1.807, 2.05) is 6.92 Å². The highest BCUT2D eigenvalue weighted by atomic mass is 16.6. The second-order valence-corrected chi connectivity index (χ2v) is 4.81. The molecule has 1 aliphatic rings. The van der Waals surface area contributed by atoms with Crippen LogP contribution in [-0.2, 0) is 19.1 Å². The molecule has 1 heterocycles. The summed E-state index contributed by atoms with van der Waals surface area (Å²) < 4.78 is 9.79. The van der Waals surface area contributed by atoms with Crippen LogP contribution in [0.5, 0.6) is 0 Å². The minimum absolute atomic E-state index is 0.0542. The predicted octanol–water partition coefficient (Wildman–Crippen LogP) is 0.213. The van der Waals surface area contributed by atoms with Gasteiger partial charge >= 0.3 is 18.0 Å². The van der Waals surface area contributed by atoms with Crippen molar-refractivity contribution in [2.75, 3.05) is 26.8 Å². The van der Waals surface area contributed by atoms with Crippen molar-refractivity contribution in [3.05, 3.63) is 0 Å². The number of hydrogen-bond donors (Lipinski definition) is 2. The number of methoxy groups -OCH3 is 1. The number of amides is 2. The van der Waals surface area contributed by atoms with Gasteiger partial charge in [0.25, 0.3) is 0 Å². The Morgan fingerprint density at radius 2 is 2.19 bits per heavy atom. The van der Waals surface area contributed by atoms with Gasteiger partial charge < -0.3 is 24.8 Å². The van der Waals surface area contributed by atoms with Crippen LogP contribution in [0.3, 0.4) is 0 Å². The van der Waals surface area contributed by atoms with E-state index in [-0.39, 0.29) is 13.2 Å². The minimum Gasteiger partial charge on any atom is -0.480 e. The molecule has 8 heteroatoms. The van der Waals surface area contributed by atoms with Gasteiger partial charge in [-0.05, 0) is 6.42 Å². The third kappa shape index (κ3) is 5.22. The van der Waals surface area contributed by atoms with Crippen LogP contribution in [0.2, 0.25) is 0 Å². The molecule has 2 unspecified atom stereocenters. The molecule has 0 aromatic carbocycles. The van der Waals surface area contributed by atoms with Crippen molar-refractivity contribution < 1.29 is 29.0 Å². The molecule has 0 aromatic heterocycles. The number of nitrogens with one attached hydrogen (secondary N) is 1. The average Bonchev–Trinajstić information content (AvgIpc) is 2.50. The van der Waals surface area contributed by atoms with Crippen molar-refractivity contribution in [1.82, 2.24) is 10.2 Å². The maximum atomic E-state index is 12.1. The molecule has 1 rings (SSSR count). The highest BCUT2D eigenvalue weighted by molar-refractivity contribution is 5.83. The number of aliphatic carboxylic acids is 1. The molecular formula is C13H22N2O6. The van der Waals surface area contributed by atoms with Gasteiger partial charge in [0, 0.05) is 6.54 Å². The Bertz CT molecular complexity index is 387. The molecule has 1 fully saturated rings. The SMILES string of the molecule is CCCCC(NC(=O)N1CCOC(C(=O)OC)C1)C(=O)O. The Balaban J connectivity index is 2.56. The summed E-state index contributed by atoms with van der Waals surface area (Å²) in [6.45, 7) is 2.52. The van der Waals surface area contributed by atoms with Gasteiger partial charge in [-0.2, -0.15) is 0 Å². The molecular weight excluding hydrogens is 280 g/mol. The van der Waals surface area contributed by atoms with Crippen LogP contribution in [0.1, 0.15) is 26.2 Å². The molecule has 0 radical (unpaired) electrons. The molecule has 2 atom stereocenters. The zero-order valence-electron chi connectivity index (χ0n) is 12.3. The first kappa shape index (κ1) is 17.2. The van der Waals surface area contributed by atoms with Gasteiger partial charge in [0.2, 0.25) is 0 Å². The van der Waals surface area contributed by atoms with Gasteiger partial charge in [0.1, 0.15) is 6.04 Å². The standard InChI is InChI=1S/C13H22N2O6/c1-3-4-5-9(11(16)17)14-13(19)15-6-7-21-10(8-15)12(18)20-2/h9-10H,3-8H2,1-2H3,(H,14,19)(H,16,17). The summed E-state index contributed by atoms with van der Waals surface area (Å²) in [5, 5.41) is 11.6. The number of carboxylic acid groups (broad SMARTS) is 1. The van der Waals surface area contributed by atoms with E-state index in [9.17, 15) is 14.4 Å². The lowest BCUT2D eigenvalue weighted by Gasteiger charge is -2.32. The highest BCUT2D eigenvalue weighted by Gasteiger charge is 2.31. The van der Waals surface area contributed by atoms with Gasteiger partial charge in [-0.25, -0.2) is 14.4 Å². The maximum absolute atomic E-state index is 12.1. The molecule has 0 bridgehead atoms. The van der Waals surface area contributed by atoms with Crippen LogP contribution in [0.15, 0.2) is 0 Å². The molecule has 0 saturated carbocycles. The van der Waals surface area contributed by atoms with Crippen molar-refractivity contribution in [3.63, 3.8) is 0 Å². The van der Waals surface area contributed by atoms with E-state index in [0.717, 1.165) is 6.42 Å². The number of esters is 1. The van der Waals surface area contributed by atoms with Gasteiger partial charge in [-0.15, -0.1) is 0 Å². The summed E-state index contributed by atoms with van der Waals surface area (Å²) in [4.78, 5) is 36.0. The van der Waals surface area contributed by atoms with Gasteiger partial charge in [0.05, 0.1) is 20.3 Å². The van der Waals surface area contributed by atoms with E-state index in [1.165, 1.54) is 12.0 Å². The van der Waals surface area contributed by atoms with Gasteiger partial charge in [-0.3, -0.25) is 0 Å². The quantitative estimate of drug-likeness (QED) is 0.680. The largest absolute Gasteiger partial charge is 0.480 e. The number of ether oxygens (including phenoxy) is 2. The van der Waals surface area contributed by atoms with Crippen LogP contribution < -0.4 is 5.32 Å². The lowest BCUT2D eigenvalue weighted by Crippen LogP contribution is -2.54. The molecule has 2 amide bonds. The van der Waals surface area contributed by atoms with Crippen molar-refractivity contribution in [3.8, 4) is 0 Å². The number of urea groups is 1. The summed E-state index contributed by atoms with van der Waals surface area (Å²) in [7, 11) is 1.25. The number of morpholine rings is 1. The van der Waals surface area contributed by atoms with Crippen LogP contribution >= 0.6 is 0 Å². The van der Waals surface area contributed by atoms with Crippen molar-refractivity contribution in [2.24, 2.45) is 0 Å². The summed E-state index contributed by atoms with van der Waals surface area (Å²) in [5.74, 6) is -1.61. The normalized spacial score (nSPS) is 19.7. The van der Waals surface area contributed by atoms with Gasteiger partial charge in [0.15, 0.2) is 6.10 Å². The monoisotopic (exact) mass is 302 g/mol. The smallest absolute Gasteiger partial charge is 0.336 e. The van der Waals surface area contributed by atoms with Crippen LogP contribution in [0.25, 0.3) is 0 Å². The number of carbonyl (C=O) groups excluding carboxylic acids is 2. The maximum Gasteiger partial charge on any atom is 0.336 e. The van der Waals surface area contributed by atoms with E-state index < -0.39 is 30.1 Å². The minimum atomic E-state index is -1.06. The average molecular weight is 302 g/mol. The van der Waals surface area contributed by atoms with E-state index in [2.05, 4.69) is 10.1 Å². The second kappa shape index (κ2) is 8.46. The first-order valence-electron chi connectivity index (χ1n) is 6.97. The Hall–Kier alpha value is -1.83. The zero-order valence-corrected chi connectivity index (χ0v) is 12.3. The number of nitrogens with zero attached hydrogens (tertiary/aromatic N) is 1. The Labute approximate surface area is 123 Å². The number of hydrogen-bond acceptors (Lipinski definition) is 5. The third-order valence-corrected chi connectivity index (χ3v) is 3.26. The molecule has 0 aliphatic carbocycles. The molecule has 1 aliphatic heterocycles. The first-order valence-corrected chi connectivity index (χ1v) is 6.97. The molecule has 8 nitrogen and oxygen atoms in total. The lowest BCUT2D eigenvalue weighted by molar-refractivity contribution is -0.158. The predicted molar refractivity (Wildman–Crippen MR) is 72.8 cm³/mol. The number of carbonyl (C=O) groups is 3. The van der Waals surface area contributed by atoms with E-state index >= 15 is 0 Å². The van der Waals surface area contributed by atoms with E-state index in [4.69, 9.17) is 9.84 Å². The topological polar surface area (TPSA) is 105 Å². The molecule has 2 N–H and O–H groups in total. The fourth-order valence-corrected chi connectivity index (χ4v) is 2.01.